The minimum atomic E-state index is -3.09. The maximum absolute atomic E-state index is 11.5. The number of rotatable bonds is 4. The van der Waals surface area contributed by atoms with Crippen LogP contribution in [0.4, 0.5) is 0 Å². The largest absolute Gasteiger partial charge is 0.420 e. The summed E-state index contributed by atoms with van der Waals surface area (Å²) in [6.45, 7) is 1.93. The van der Waals surface area contributed by atoms with E-state index in [1.165, 1.54) is 0 Å². The van der Waals surface area contributed by atoms with Gasteiger partial charge in [-0.2, -0.15) is 0 Å². The van der Waals surface area contributed by atoms with E-state index in [0.29, 0.717) is 5.20 Å². The van der Waals surface area contributed by atoms with E-state index in [-0.39, 0.29) is 0 Å². The van der Waals surface area contributed by atoms with Gasteiger partial charge in [0.1, 0.15) is 0 Å². The average molecular weight is 290 g/mol. The molecule has 1 N–H and O–H groups in total. The highest BCUT2D eigenvalue weighted by Crippen LogP contribution is 2.13. The molecule has 0 aliphatic heterocycles. The number of hydrogen-bond donors (Lipinski definition) is 1. The maximum Gasteiger partial charge on any atom is 0.294 e. The molecule has 0 aliphatic carbocycles. The zero-order chi connectivity index (χ0) is 15.1. The summed E-state index contributed by atoms with van der Waals surface area (Å²) in [7, 11) is -3.09. The summed E-state index contributed by atoms with van der Waals surface area (Å²) >= 11 is 0. The molecule has 2 aromatic rings. The Morgan fingerprint density at radius 2 is 1.48 bits per heavy atom. The van der Waals surface area contributed by atoms with E-state index in [4.69, 9.17) is 6.42 Å². The molecule has 0 radical (unpaired) electrons. The number of terminal acetylenes is 1. The molecule has 0 fully saturated rings. The summed E-state index contributed by atoms with van der Waals surface area (Å²) in [4.78, 5) is 11.5. The molecule has 0 atom stereocenters. The molecule has 2 heteroatoms. The molecule has 0 spiro atoms. The topological polar surface area (TPSA) is 20.2 Å². The molecular formula is C19H18OSi. The van der Waals surface area contributed by atoms with Gasteiger partial charge < -0.3 is 4.80 Å². The lowest BCUT2D eigenvalue weighted by Gasteiger charge is -2.26. The van der Waals surface area contributed by atoms with Gasteiger partial charge in [0.15, 0.2) is 0 Å². The van der Waals surface area contributed by atoms with Crippen LogP contribution in [-0.2, 0) is 0 Å². The molecule has 0 amide bonds. The third kappa shape index (κ3) is 3.05. The summed E-state index contributed by atoms with van der Waals surface area (Å²) in [6.07, 6.45) is 11.3. The second-order valence-corrected chi connectivity index (χ2v) is 7.81. The fourth-order valence-electron chi connectivity index (χ4n) is 2.30. The first kappa shape index (κ1) is 15.1. The van der Waals surface area contributed by atoms with E-state index in [1.807, 2.05) is 85.8 Å². The summed E-state index contributed by atoms with van der Waals surface area (Å²) < 4.78 is 0. The lowest BCUT2D eigenvalue weighted by atomic mass is 10.4. The smallest absolute Gasteiger partial charge is 0.294 e. The van der Waals surface area contributed by atoms with Crippen molar-refractivity contribution in [2.45, 2.75) is 6.92 Å². The molecule has 0 heterocycles. The highest BCUT2D eigenvalue weighted by atomic mass is 28.4. The molecule has 2 rings (SSSR count). The van der Waals surface area contributed by atoms with E-state index in [2.05, 4.69) is 5.92 Å². The van der Waals surface area contributed by atoms with Crippen LogP contribution < -0.4 is 10.4 Å². The fourth-order valence-corrected chi connectivity index (χ4v) is 5.15. The first-order valence-electron chi connectivity index (χ1n) is 6.87. The molecule has 21 heavy (non-hydrogen) atoms. The molecule has 0 aromatic heterocycles. The fraction of sp³-hybridized carbons (Fsp3) is 0.0526. The zero-order valence-electron chi connectivity index (χ0n) is 12.0. The first-order valence-corrected chi connectivity index (χ1v) is 8.81. The molecule has 0 saturated heterocycles. The van der Waals surface area contributed by atoms with Crippen molar-refractivity contribution in [3.8, 4) is 12.3 Å². The van der Waals surface area contributed by atoms with Crippen LogP contribution in [0.3, 0.4) is 0 Å². The Labute approximate surface area is 127 Å². The molecule has 0 saturated carbocycles. The van der Waals surface area contributed by atoms with Crippen LogP contribution in [0.1, 0.15) is 6.92 Å². The van der Waals surface area contributed by atoms with Gasteiger partial charge in [-0.05, 0) is 17.3 Å². The van der Waals surface area contributed by atoms with Crippen LogP contribution in [0, 0.1) is 12.3 Å². The summed E-state index contributed by atoms with van der Waals surface area (Å²) in [6, 6.07) is 19.4. The van der Waals surface area contributed by atoms with Gasteiger partial charge >= 0.3 is 0 Å². The molecule has 2 aromatic carbocycles. The standard InChI is InChI=1S/C19H18OSi/c1-3-5-12-17(4-2)21(20,18-13-8-6-9-14-18)19-15-10-7-11-16-19/h2-3,5-16,20H,1H3/b5-3-,17-12+. The molecular weight excluding hydrogens is 272 g/mol. The van der Waals surface area contributed by atoms with E-state index in [1.54, 1.807) is 0 Å². The molecule has 0 unspecified atom stereocenters. The van der Waals surface area contributed by atoms with Crippen LogP contribution in [0.5, 0.6) is 0 Å². The van der Waals surface area contributed by atoms with Crippen molar-refractivity contribution in [3.05, 3.63) is 84.1 Å². The van der Waals surface area contributed by atoms with E-state index in [0.717, 1.165) is 10.4 Å². The minimum absolute atomic E-state index is 0.651. The van der Waals surface area contributed by atoms with Crippen LogP contribution in [0.2, 0.25) is 0 Å². The van der Waals surface area contributed by atoms with Crippen molar-refractivity contribution >= 4 is 18.7 Å². The highest BCUT2D eigenvalue weighted by Gasteiger charge is 2.39. The van der Waals surface area contributed by atoms with Crippen molar-refractivity contribution in [3.63, 3.8) is 0 Å². The number of hydrogen-bond acceptors (Lipinski definition) is 1. The van der Waals surface area contributed by atoms with Gasteiger partial charge in [0.25, 0.3) is 8.32 Å². The quantitative estimate of drug-likeness (QED) is 0.521. The van der Waals surface area contributed by atoms with Crippen molar-refractivity contribution in [1.82, 2.24) is 0 Å². The van der Waals surface area contributed by atoms with Crippen molar-refractivity contribution in [1.29, 1.82) is 0 Å². The van der Waals surface area contributed by atoms with Crippen LogP contribution >= 0.6 is 0 Å². The number of allylic oxidation sites excluding steroid dienone is 4. The summed E-state index contributed by atoms with van der Waals surface area (Å²) in [5.41, 5.74) is 0. The van der Waals surface area contributed by atoms with Gasteiger partial charge in [-0.25, -0.2) is 0 Å². The monoisotopic (exact) mass is 290 g/mol. The Kier molecular flexibility index (Phi) is 4.94. The molecule has 104 valence electrons. The van der Waals surface area contributed by atoms with E-state index < -0.39 is 8.32 Å². The second-order valence-electron chi connectivity index (χ2n) is 4.69. The average Bonchev–Trinajstić information content (AvgIpc) is 2.57. The Bertz CT molecular complexity index is 639. The predicted molar refractivity (Wildman–Crippen MR) is 91.9 cm³/mol. The summed E-state index contributed by atoms with van der Waals surface area (Å²) in [5, 5.41) is 2.44. The van der Waals surface area contributed by atoms with Crippen molar-refractivity contribution in [2.24, 2.45) is 0 Å². The zero-order valence-corrected chi connectivity index (χ0v) is 13.0. The van der Waals surface area contributed by atoms with E-state index >= 15 is 0 Å². The van der Waals surface area contributed by atoms with E-state index in [9.17, 15) is 4.80 Å². The summed E-state index contributed by atoms with van der Waals surface area (Å²) in [5.74, 6) is 2.70. The molecule has 0 bridgehead atoms. The Morgan fingerprint density at radius 3 is 1.86 bits per heavy atom. The first-order chi connectivity index (χ1) is 10.2. The highest BCUT2D eigenvalue weighted by molar-refractivity contribution is 7.02. The molecule has 1 nitrogen and oxygen atoms in total. The van der Waals surface area contributed by atoms with Crippen LogP contribution in [0.15, 0.2) is 84.1 Å². The van der Waals surface area contributed by atoms with Crippen molar-refractivity contribution < 1.29 is 4.80 Å². The predicted octanol–water partition coefficient (Wildman–Crippen LogP) is 2.41. The van der Waals surface area contributed by atoms with Crippen LogP contribution in [-0.4, -0.2) is 13.1 Å². The lowest BCUT2D eigenvalue weighted by molar-refractivity contribution is 0.579. The third-order valence-electron chi connectivity index (χ3n) is 3.38. The lowest BCUT2D eigenvalue weighted by Crippen LogP contribution is -2.60. The Morgan fingerprint density at radius 1 is 1.00 bits per heavy atom. The van der Waals surface area contributed by atoms with Gasteiger partial charge in [-0.3, -0.25) is 0 Å². The van der Waals surface area contributed by atoms with Gasteiger partial charge in [-0.15, -0.1) is 6.42 Å². The van der Waals surface area contributed by atoms with Gasteiger partial charge in [0.05, 0.1) is 0 Å². The Balaban J connectivity index is 2.69. The van der Waals surface area contributed by atoms with Gasteiger partial charge in [0.2, 0.25) is 0 Å². The van der Waals surface area contributed by atoms with Gasteiger partial charge in [0, 0.05) is 5.20 Å². The minimum Gasteiger partial charge on any atom is -0.420 e. The van der Waals surface area contributed by atoms with Crippen LogP contribution in [0.25, 0.3) is 0 Å². The van der Waals surface area contributed by atoms with Gasteiger partial charge in [-0.1, -0.05) is 84.8 Å². The molecule has 0 aliphatic rings. The van der Waals surface area contributed by atoms with Crippen molar-refractivity contribution in [2.75, 3.05) is 0 Å². The number of benzene rings is 2. The third-order valence-corrected chi connectivity index (χ3v) is 6.81. The Hall–Kier alpha value is -2.34. The SMILES string of the molecule is C#C/C(=C\C=C/C)[Si](O)(c1ccccc1)c1ccccc1. The normalized spacial score (nSPS) is 12.3. The second kappa shape index (κ2) is 6.89. The maximum atomic E-state index is 11.5.